The number of hydrogen-bond acceptors (Lipinski definition) is 3. The summed E-state index contributed by atoms with van der Waals surface area (Å²) in [7, 11) is 1.41. The molecule has 0 saturated heterocycles. The second-order valence-corrected chi connectivity index (χ2v) is 5.20. The van der Waals surface area contributed by atoms with E-state index in [0.717, 1.165) is 15.7 Å². The van der Waals surface area contributed by atoms with E-state index in [9.17, 15) is 4.79 Å². The van der Waals surface area contributed by atoms with Crippen LogP contribution in [0.1, 0.15) is 11.5 Å². The van der Waals surface area contributed by atoms with Gasteiger partial charge in [-0.3, -0.25) is 4.79 Å². The third-order valence-corrected chi connectivity index (χ3v) is 3.75. The number of rotatable bonds is 5. The number of ether oxygens (including phenoxy) is 1. The first-order chi connectivity index (χ1) is 9.72. The molecule has 2 aromatic rings. The molecule has 2 rings (SSSR count). The lowest BCUT2D eigenvalue weighted by Gasteiger charge is -2.17. The van der Waals surface area contributed by atoms with Crippen LogP contribution in [-0.4, -0.2) is 19.6 Å². The summed E-state index contributed by atoms with van der Waals surface area (Å²) in [5.41, 5.74) is 1.90. The number of carbonyl (C=O) groups is 1. The number of carbonyl (C=O) groups excluding carboxylic acids is 1. The van der Waals surface area contributed by atoms with Crippen molar-refractivity contribution < 1.29 is 9.53 Å². The lowest BCUT2D eigenvalue weighted by molar-refractivity contribution is -0.142. The Kier molecular flexibility index (Phi) is 5.18. The molecule has 2 aromatic carbocycles. The highest BCUT2D eigenvalue weighted by atomic mass is 79.9. The van der Waals surface area contributed by atoms with E-state index in [2.05, 4.69) is 21.2 Å². The number of hydrogen-bond donors (Lipinski definition) is 1. The maximum absolute atomic E-state index is 11.9. The van der Waals surface area contributed by atoms with Gasteiger partial charge in [-0.2, -0.15) is 0 Å². The van der Waals surface area contributed by atoms with Crippen LogP contribution in [0.4, 0.5) is 5.69 Å². The topological polar surface area (TPSA) is 38.3 Å². The fraction of sp³-hybridized carbons (Fsp3) is 0.188. The highest BCUT2D eigenvalue weighted by molar-refractivity contribution is 9.10. The summed E-state index contributed by atoms with van der Waals surface area (Å²) < 4.78 is 5.86. The Balaban J connectivity index is 2.14. The van der Waals surface area contributed by atoms with E-state index in [-0.39, 0.29) is 11.9 Å². The van der Waals surface area contributed by atoms with Crippen LogP contribution in [0.2, 0.25) is 0 Å². The third kappa shape index (κ3) is 3.61. The van der Waals surface area contributed by atoms with Gasteiger partial charge in [-0.05, 0) is 33.6 Å². The normalized spacial score (nSPS) is 11.7. The van der Waals surface area contributed by atoms with Crippen molar-refractivity contribution in [1.29, 1.82) is 0 Å². The fourth-order valence-corrected chi connectivity index (χ4v) is 2.41. The number of esters is 1. The van der Waals surface area contributed by atoms with Crippen molar-refractivity contribution in [3.8, 4) is 0 Å². The summed E-state index contributed by atoms with van der Waals surface area (Å²) in [5.74, 6) is -0.566. The van der Waals surface area contributed by atoms with Crippen LogP contribution in [0.15, 0.2) is 59.1 Å². The van der Waals surface area contributed by atoms with E-state index in [1.807, 2.05) is 54.6 Å². The molecule has 0 heterocycles. The van der Waals surface area contributed by atoms with Gasteiger partial charge in [-0.25, -0.2) is 0 Å². The summed E-state index contributed by atoms with van der Waals surface area (Å²) >= 11 is 3.48. The molecule has 1 atom stereocenters. The van der Waals surface area contributed by atoms with Crippen LogP contribution in [0.25, 0.3) is 0 Å². The summed E-state index contributed by atoms with van der Waals surface area (Å²) in [4.78, 5) is 11.9. The zero-order valence-electron chi connectivity index (χ0n) is 11.2. The Bertz CT molecular complexity index is 572. The first-order valence-electron chi connectivity index (χ1n) is 6.33. The zero-order valence-corrected chi connectivity index (χ0v) is 12.8. The number of nitrogens with one attached hydrogen (secondary N) is 1. The monoisotopic (exact) mass is 333 g/mol. The van der Waals surface area contributed by atoms with Gasteiger partial charge in [0.2, 0.25) is 0 Å². The molecular weight excluding hydrogens is 318 g/mol. The van der Waals surface area contributed by atoms with Gasteiger partial charge in [-0.15, -0.1) is 0 Å². The second kappa shape index (κ2) is 7.10. The molecule has 0 aliphatic heterocycles. The molecule has 0 bridgehead atoms. The van der Waals surface area contributed by atoms with E-state index in [4.69, 9.17) is 4.74 Å². The van der Waals surface area contributed by atoms with Crippen molar-refractivity contribution in [3.63, 3.8) is 0 Å². The predicted octanol–water partition coefficient (Wildman–Crippen LogP) is 3.82. The van der Waals surface area contributed by atoms with Crippen LogP contribution < -0.4 is 5.32 Å². The fourth-order valence-electron chi connectivity index (χ4n) is 1.98. The number of methoxy groups -OCH3 is 1. The standard InChI is InChI=1S/C16H16BrNO2/c1-20-16(19)13(12-7-3-2-4-8-12)11-18-15-10-6-5-9-14(15)17/h2-10,13,18H,11H2,1H3. The van der Waals surface area contributed by atoms with E-state index < -0.39 is 0 Å². The quantitative estimate of drug-likeness (QED) is 0.845. The molecule has 0 saturated carbocycles. The molecule has 20 heavy (non-hydrogen) atoms. The van der Waals surface area contributed by atoms with Crippen LogP contribution in [0.3, 0.4) is 0 Å². The minimum atomic E-state index is -0.326. The molecule has 1 unspecified atom stereocenters. The second-order valence-electron chi connectivity index (χ2n) is 4.35. The van der Waals surface area contributed by atoms with Gasteiger partial charge in [0, 0.05) is 16.7 Å². The average molecular weight is 334 g/mol. The molecule has 0 aliphatic carbocycles. The van der Waals surface area contributed by atoms with Crippen molar-refractivity contribution in [2.24, 2.45) is 0 Å². The minimum Gasteiger partial charge on any atom is -0.468 e. The first-order valence-corrected chi connectivity index (χ1v) is 7.13. The van der Waals surface area contributed by atoms with Crippen molar-refractivity contribution >= 4 is 27.6 Å². The van der Waals surface area contributed by atoms with Crippen LogP contribution in [0.5, 0.6) is 0 Å². The largest absolute Gasteiger partial charge is 0.468 e. The number of benzene rings is 2. The molecule has 0 amide bonds. The summed E-state index contributed by atoms with van der Waals surface area (Å²) in [6.45, 7) is 0.485. The summed E-state index contributed by atoms with van der Waals surface area (Å²) in [6.07, 6.45) is 0. The lowest BCUT2D eigenvalue weighted by atomic mass is 9.99. The van der Waals surface area contributed by atoms with Crippen LogP contribution >= 0.6 is 15.9 Å². The van der Waals surface area contributed by atoms with E-state index in [1.54, 1.807) is 0 Å². The lowest BCUT2D eigenvalue weighted by Crippen LogP contribution is -2.22. The molecule has 0 aliphatic rings. The Morgan fingerprint density at radius 1 is 1.15 bits per heavy atom. The number of halogens is 1. The van der Waals surface area contributed by atoms with E-state index in [1.165, 1.54) is 7.11 Å². The maximum atomic E-state index is 11.9. The average Bonchev–Trinajstić information content (AvgIpc) is 2.50. The molecule has 0 fully saturated rings. The van der Waals surface area contributed by atoms with Gasteiger partial charge in [0.1, 0.15) is 0 Å². The van der Waals surface area contributed by atoms with Gasteiger partial charge in [0.15, 0.2) is 0 Å². The minimum absolute atomic E-state index is 0.240. The molecule has 104 valence electrons. The van der Waals surface area contributed by atoms with E-state index in [0.29, 0.717) is 6.54 Å². The Morgan fingerprint density at radius 3 is 2.45 bits per heavy atom. The highest BCUT2D eigenvalue weighted by Gasteiger charge is 2.21. The van der Waals surface area contributed by atoms with Gasteiger partial charge in [-0.1, -0.05) is 42.5 Å². The molecule has 0 radical (unpaired) electrons. The maximum Gasteiger partial charge on any atom is 0.314 e. The molecule has 0 spiro atoms. The van der Waals surface area contributed by atoms with Gasteiger partial charge >= 0.3 is 5.97 Å². The zero-order chi connectivity index (χ0) is 14.4. The Hall–Kier alpha value is -1.81. The van der Waals surface area contributed by atoms with Crippen molar-refractivity contribution in [2.45, 2.75) is 5.92 Å². The third-order valence-electron chi connectivity index (χ3n) is 3.06. The van der Waals surface area contributed by atoms with Crippen LogP contribution in [0, 0.1) is 0 Å². The van der Waals surface area contributed by atoms with Gasteiger partial charge in [0.05, 0.1) is 13.0 Å². The first kappa shape index (κ1) is 14.6. The van der Waals surface area contributed by atoms with Crippen molar-refractivity contribution in [3.05, 3.63) is 64.6 Å². The molecule has 1 N–H and O–H groups in total. The predicted molar refractivity (Wildman–Crippen MR) is 83.8 cm³/mol. The van der Waals surface area contributed by atoms with Gasteiger partial charge < -0.3 is 10.1 Å². The van der Waals surface area contributed by atoms with Crippen molar-refractivity contribution in [2.75, 3.05) is 19.0 Å². The van der Waals surface area contributed by atoms with Gasteiger partial charge in [0.25, 0.3) is 0 Å². The SMILES string of the molecule is COC(=O)C(CNc1ccccc1Br)c1ccccc1. The number of anilines is 1. The molecule has 3 nitrogen and oxygen atoms in total. The smallest absolute Gasteiger partial charge is 0.314 e. The summed E-state index contributed by atoms with van der Waals surface area (Å²) in [5, 5.41) is 3.28. The number of para-hydroxylation sites is 1. The molecule has 0 aromatic heterocycles. The Labute approximate surface area is 127 Å². The highest BCUT2D eigenvalue weighted by Crippen LogP contribution is 2.23. The van der Waals surface area contributed by atoms with E-state index >= 15 is 0 Å². The van der Waals surface area contributed by atoms with Crippen molar-refractivity contribution in [1.82, 2.24) is 0 Å². The van der Waals surface area contributed by atoms with Crippen LogP contribution in [-0.2, 0) is 9.53 Å². The summed E-state index contributed by atoms with van der Waals surface area (Å²) in [6, 6.07) is 17.5. The molecular formula is C16H16BrNO2. The Morgan fingerprint density at radius 2 is 1.80 bits per heavy atom. The molecule has 4 heteroatoms.